The first kappa shape index (κ1) is 19.2. The van der Waals surface area contributed by atoms with E-state index >= 15 is 0 Å². The van der Waals surface area contributed by atoms with Crippen molar-refractivity contribution in [3.63, 3.8) is 0 Å². The van der Waals surface area contributed by atoms with Crippen LogP contribution in [0.2, 0.25) is 0 Å². The van der Waals surface area contributed by atoms with Gasteiger partial charge in [-0.25, -0.2) is 0 Å². The maximum Gasteiger partial charge on any atom is 0.195 e. The molecule has 1 N–H and O–H groups in total. The lowest BCUT2D eigenvalue weighted by atomic mass is 10.0. The molecule has 4 heteroatoms. The van der Waals surface area contributed by atoms with Gasteiger partial charge in [0.1, 0.15) is 12.4 Å². The molecule has 0 aliphatic carbocycles. The molecule has 27 heavy (non-hydrogen) atoms. The van der Waals surface area contributed by atoms with Crippen molar-refractivity contribution in [2.75, 3.05) is 13.2 Å². The molecular formula is C23H28N2O2. The number of hydrogen-bond acceptors (Lipinski definition) is 3. The molecule has 0 saturated carbocycles. The van der Waals surface area contributed by atoms with Crippen LogP contribution in [0.25, 0.3) is 10.9 Å². The largest absolute Gasteiger partial charge is 0.492 e. The lowest BCUT2D eigenvalue weighted by Crippen LogP contribution is -2.39. The highest BCUT2D eigenvalue weighted by Crippen LogP contribution is 2.22. The van der Waals surface area contributed by atoms with E-state index < -0.39 is 0 Å². The van der Waals surface area contributed by atoms with Crippen molar-refractivity contribution in [1.29, 1.82) is 0 Å². The fraction of sp³-hybridized carbons (Fsp3) is 0.348. The third-order valence-corrected chi connectivity index (χ3v) is 4.90. The normalized spacial score (nSPS) is 11.7. The van der Waals surface area contributed by atoms with Crippen LogP contribution in [0.4, 0.5) is 0 Å². The molecule has 0 bridgehead atoms. The molecule has 0 atom stereocenters. The summed E-state index contributed by atoms with van der Waals surface area (Å²) in [5.41, 5.74) is 2.34. The quantitative estimate of drug-likeness (QED) is 0.579. The van der Waals surface area contributed by atoms with Gasteiger partial charge in [0.15, 0.2) is 5.78 Å². The van der Waals surface area contributed by atoms with E-state index in [4.69, 9.17) is 4.74 Å². The van der Waals surface area contributed by atoms with E-state index in [2.05, 4.69) is 37.6 Å². The number of carbonyl (C=O) groups excluding carboxylic acids is 1. The minimum absolute atomic E-state index is 0.0183. The second-order valence-electron chi connectivity index (χ2n) is 7.38. The van der Waals surface area contributed by atoms with Crippen LogP contribution in [0.1, 0.15) is 43.6 Å². The molecule has 1 aromatic heterocycles. The summed E-state index contributed by atoms with van der Waals surface area (Å²) in [6, 6.07) is 16.2. The molecule has 142 valence electrons. The van der Waals surface area contributed by atoms with Crippen molar-refractivity contribution in [1.82, 2.24) is 9.88 Å². The molecule has 4 nitrogen and oxygen atoms in total. The fourth-order valence-electron chi connectivity index (χ4n) is 3.50. The molecule has 0 saturated heterocycles. The SMILES string of the molecule is CC(C)N(CCOc1ccc(C(=O)c2c[nH]c3ccccc23)cc1)C(C)C. The number of hydrogen-bond donors (Lipinski definition) is 1. The van der Waals surface area contributed by atoms with Gasteiger partial charge in [-0.1, -0.05) is 18.2 Å². The Morgan fingerprint density at radius 1 is 1.00 bits per heavy atom. The average Bonchev–Trinajstić information content (AvgIpc) is 3.08. The summed E-state index contributed by atoms with van der Waals surface area (Å²) < 4.78 is 5.87. The van der Waals surface area contributed by atoms with Crippen LogP contribution in [0.15, 0.2) is 54.7 Å². The lowest BCUT2D eigenvalue weighted by molar-refractivity contribution is 0.104. The Kier molecular flexibility index (Phi) is 5.97. The third kappa shape index (κ3) is 4.40. The molecule has 3 rings (SSSR count). The number of carbonyl (C=O) groups is 1. The zero-order valence-electron chi connectivity index (χ0n) is 16.5. The topological polar surface area (TPSA) is 45.3 Å². The number of para-hydroxylation sites is 1. The molecule has 0 radical (unpaired) electrons. The Morgan fingerprint density at radius 2 is 1.67 bits per heavy atom. The van der Waals surface area contributed by atoms with Crippen molar-refractivity contribution in [2.24, 2.45) is 0 Å². The Labute approximate surface area is 161 Å². The molecule has 0 unspecified atom stereocenters. The first-order valence-electron chi connectivity index (χ1n) is 9.57. The highest BCUT2D eigenvalue weighted by Gasteiger charge is 2.15. The minimum atomic E-state index is 0.0183. The van der Waals surface area contributed by atoms with Gasteiger partial charge in [0.2, 0.25) is 0 Å². The Bertz CT molecular complexity index is 886. The van der Waals surface area contributed by atoms with Gasteiger partial charge in [-0.3, -0.25) is 9.69 Å². The highest BCUT2D eigenvalue weighted by molar-refractivity contribution is 6.16. The second kappa shape index (κ2) is 8.40. The van der Waals surface area contributed by atoms with Gasteiger partial charge in [-0.05, 0) is 58.0 Å². The number of ketones is 1. The number of nitrogens with zero attached hydrogens (tertiary/aromatic N) is 1. The van der Waals surface area contributed by atoms with Crippen LogP contribution >= 0.6 is 0 Å². The van der Waals surface area contributed by atoms with E-state index in [1.807, 2.05) is 48.5 Å². The number of fused-ring (bicyclic) bond motifs is 1. The van der Waals surface area contributed by atoms with Crippen molar-refractivity contribution in [3.8, 4) is 5.75 Å². The monoisotopic (exact) mass is 364 g/mol. The molecule has 2 aromatic carbocycles. The van der Waals surface area contributed by atoms with E-state index in [9.17, 15) is 4.79 Å². The van der Waals surface area contributed by atoms with Crippen LogP contribution in [-0.4, -0.2) is 40.9 Å². The van der Waals surface area contributed by atoms with Crippen LogP contribution in [-0.2, 0) is 0 Å². The summed E-state index contributed by atoms with van der Waals surface area (Å²) in [4.78, 5) is 18.4. The molecule has 0 fully saturated rings. The van der Waals surface area contributed by atoms with E-state index in [1.165, 1.54) is 0 Å². The highest BCUT2D eigenvalue weighted by atomic mass is 16.5. The number of benzene rings is 2. The zero-order chi connectivity index (χ0) is 19.4. The van der Waals surface area contributed by atoms with Crippen molar-refractivity contribution in [2.45, 2.75) is 39.8 Å². The molecule has 0 aliphatic rings. The van der Waals surface area contributed by atoms with Gasteiger partial charge in [0, 0.05) is 46.9 Å². The van der Waals surface area contributed by atoms with Gasteiger partial charge in [-0.2, -0.15) is 0 Å². The Balaban J connectivity index is 1.64. The summed E-state index contributed by atoms with van der Waals surface area (Å²) in [6.45, 7) is 10.3. The fourth-order valence-corrected chi connectivity index (χ4v) is 3.50. The summed E-state index contributed by atoms with van der Waals surface area (Å²) in [5.74, 6) is 0.808. The van der Waals surface area contributed by atoms with Crippen LogP contribution in [0.5, 0.6) is 5.75 Å². The molecule has 1 heterocycles. The molecular weight excluding hydrogens is 336 g/mol. The summed E-state index contributed by atoms with van der Waals surface area (Å²) in [5, 5.41) is 0.949. The van der Waals surface area contributed by atoms with Crippen molar-refractivity contribution >= 4 is 16.7 Å². The Morgan fingerprint density at radius 3 is 2.33 bits per heavy atom. The second-order valence-corrected chi connectivity index (χ2v) is 7.38. The van der Waals surface area contributed by atoms with Crippen LogP contribution in [0.3, 0.4) is 0 Å². The number of aromatic nitrogens is 1. The molecule has 0 spiro atoms. The average molecular weight is 364 g/mol. The maximum absolute atomic E-state index is 12.8. The predicted molar refractivity (Wildman–Crippen MR) is 111 cm³/mol. The number of nitrogens with one attached hydrogen (secondary N) is 1. The van der Waals surface area contributed by atoms with Crippen molar-refractivity contribution in [3.05, 3.63) is 65.9 Å². The molecule has 0 amide bonds. The van der Waals surface area contributed by atoms with E-state index in [-0.39, 0.29) is 5.78 Å². The summed E-state index contributed by atoms with van der Waals surface area (Å²) in [7, 11) is 0. The number of ether oxygens (including phenoxy) is 1. The standard InChI is InChI=1S/C23H28N2O2/c1-16(2)25(17(3)4)13-14-27-19-11-9-18(10-12-19)23(26)21-15-24-22-8-6-5-7-20(21)22/h5-12,15-17,24H,13-14H2,1-4H3. The predicted octanol–water partition coefficient (Wildman–Crippen LogP) is 4.90. The first-order valence-corrected chi connectivity index (χ1v) is 9.57. The van der Waals surface area contributed by atoms with Gasteiger partial charge >= 0.3 is 0 Å². The molecule has 3 aromatic rings. The van der Waals surface area contributed by atoms with Gasteiger partial charge < -0.3 is 9.72 Å². The third-order valence-electron chi connectivity index (χ3n) is 4.90. The van der Waals surface area contributed by atoms with Crippen LogP contribution in [0, 0.1) is 0 Å². The maximum atomic E-state index is 12.8. The van der Waals surface area contributed by atoms with E-state index in [0.717, 1.165) is 23.2 Å². The van der Waals surface area contributed by atoms with Gasteiger partial charge in [0.25, 0.3) is 0 Å². The number of rotatable bonds is 8. The lowest BCUT2D eigenvalue weighted by Gasteiger charge is -2.30. The van der Waals surface area contributed by atoms with Crippen LogP contribution < -0.4 is 4.74 Å². The zero-order valence-corrected chi connectivity index (χ0v) is 16.5. The smallest absolute Gasteiger partial charge is 0.195 e. The number of aromatic amines is 1. The summed E-state index contributed by atoms with van der Waals surface area (Å²) in [6.07, 6.45) is 1.78. The number of H-pyrrole nitrogens is 1. The Hall–Kier alpha value is -2.59. The minimum Gasteiger partial charge on any atom is -0.492 e. The summed E-state index contributed by atoms with van der Waals surface area (Å²) >= 11 is 0. The van der Waals surface area contributed by atoms with Gasteiger partial charge in [0.05, 0.1) is 0 Å². The first-order chi connectivity index (χ1) is 13.0. The molecule has 0 aliphatic heterocycles. The van der Waals surface area contributed by atoms with Crippen molar-refractivity contribution < 1.29 is 9.53 Å². The van der Waals surface area contributed by atoms with Gasteiger partial charge in [-0.15, -0.1) is 0 Å². The van der Waals surface area contributed by atoms with E-state index in [0.29, 0.717) is 29.8 Å². The van der Waals surface area contributed by atoms with E-state index in [1.54, 1.807) is 6.20 Å².